The van der Waals surface area contributed by atoms with Crippen molar-refractivity contribution in [3.8, 4) is 45.7 Å². The van der Waals surface area contributed by atoms with Gasteiger partial charge in [0.25, 0.3) is 5.95 Å². The van der Waals surface area contributed by atoms with Gasteiger partial charge < -0.3 is 24.7 Å². The summed E-state index contributed by atoms with van der Waals surface area (Å²) in [6, 6.07) is 20.7. The molecule has 0 unspecified atom stereocenters. The highest BCUT2D eigenvalue weighted by Crippen LogP contribution is 2.46. The molecule has 40 heavy (non-hydrogen) atoms. The van der Waals surface area contributed by atoms with Gasteiger partial charge in [0.1, 0.15) is 28.5 Å². The Balaban J connectivity index is 1.48. The number of aromatic nitrogens is 5. The van der Waals surface area contributed by atoms with E-state index >= 15 is 0 Å². The van der Waals surface area contributed by atoms with E-state index in [4.69, 9.17) is 24.6 Å². The van der Waals surface area contributed by atoms with E-state index in [0.717, 1.165) is 11.1 Å². The molecular weight excluding hydrogens is 512 g/mol. The summed E-state index contributed by atoms with van der Waals surface area (Å²) in [5.74, 6) is -0.977. The number of hydrogen-bond donors (Lipinski definition) is 2. The summed E-state index contributed by atoms with van der Waals surface area (Å²) in [6.45, 7) is 0. The van der Waals surface area contributed by atoms with Crippen LogP contribution in [0.4, 0.5) is 5.82 Å². The van der Waals surface area contributed by atoms with Crippen LogP contribution < -0.4 is 15.2 Å². The zero-order chi connectivity index (χ0) is 27.8. The topological polar surface area (TPSA) is 151 Å². The summed E-state index contributed by atoms with van der Waals surface area (Å²) in [6.07, 6.45) is 2.68. The lowest BCUT2D eigenvalue weighted by molar-refractivity contribution is 0.103. The number of ether oxygens (including phenoxy) is 2. The Hall–Kier alpha value is -5.71. The lowest BCUT2D eigenvalue weighted by Crippen LogP contribution is -2.12. The van der Waals surface area contributed by atoms with Crippen LogP contribution in [0.1, 0.15) is 15.9 Å². The number of hydrogen-bond acceptors (Lipinski definition) is 10. The van der Waals surface area contributed by atoms with Crippen LogP contribution in [0.5, 0.6) is 17.2 Å². The van der Waals surface area contributed by atoms with Gasteiger partial charge in [-0.05, 0) is 6.07 Å². The molecule has 0 aliphatic rings. The number of phenols is 1. The van der Waals surface area contributed by atoms with Gasteiger partial charge in [-0.15, -0.1) is 10.2 Å². The van der Waals surface area contributed by atoms with Crippen molar-refractivity contribution in [3.05, 3.63) is 90.3 Å². The van der Waals surface area contributed by atoms with Crippen molar-refractivity contribution in [3.63, 3.8) is 0 Å². The molecule has 0 spiro atoms. The quantitative estimate of drug-likeness (QED) is 0.276. The van der Waals surface area contributed by atoms with Gasteiger partial charge in [-0.3, -0.25) is 4.79 Å². The third kappa shape index (κ3) is 3.88. The van der Waals surface area contributed by atoms with Crippen LogP contribution in [-0.4, -0.2) is 50.1 Å². The van der Waals surface area contributed by atoms with Crippen molar-refractivity contribution in [2.24, 2.45) is 0 Å². The van der Waals surface area contributed by atoms with E-state index in [1.165, 1.54) is 31.4 Å². The number of ketones is 1. The van der Waals surface area contributed by atoms with E-state index in [-0.39, 0.29) is 40.0 Å². The number of phenolic OH excluding ortho intramolecular Hbond substituents is 1. The van der Waals surface area contributed by atoms with Crippen LogP contribution in [0.15, 0.2) is 83.6 Å². The zero-order valence-corrected chi connectivity index (χ0v) is 21.4. The lowest BCUT2D eigenvalue weighted by Gasteiger charge is -2.14. The Morgan fingerprint density at radius 1 is 0.900 bits per heavy atom. The molecule has 3 aromatic carbocycles. The van der Waals surface area contributed by atoms with Gasteiger partial charge in [0.15, 0.2) is 11.3 Å². The Labute approximate surface area is 227 Å². The third-order valence-electron chi connectivity index (χ3n) is 6.44. The van der Waals surface area contributed by atoms with Crippen molar-refractivity contribution in [2.45, 2.75) is 0 Å². The first kappa shape index (κ1) is 24.6. The molecule has 11 nitrogen and oxygen atoms in total. The number of carbonyl (C=O) groups excluding carboxylic acids is 1. The maximum absolute atomic E-state index is 13.8. The SMILES string of the molecule is COc1c(C(=O)c2cnn(-c3nnc(-c4ccccc4)c(-c4ccccc4)n3)c2N)c(O)c(OC)c2occc12. The van der Waals surface area contributed by atoms with E-state index in [9.17, 15) is 9.90 Å². The molecular formula is C29H22N6O5. The van der Waals surface area contributed by atoms with Gasteiger partial charge in [-0.1, -0.05) is 60.7 Å². The average Bonchev–Trinajstić information content (AvgIpc) is 3.64. The summed E-state index contributed by atoms with van der Waals surface area (Å²) in [7, 11) is 2.74. The van der Waals surface area contributed by atoms with Crippen LogP contribution in [0.2, 0.25) is 0 Å². The van der Waals surface area contributed by atoms with Gasteiger partial charge >= 0.3 is 0 Å². The number of fused-ring (bicyclic) bond motifs is 1. The van der Waals surface area contributed by atoms with E-state index in [0.29, 0.717) is 16.8 Å². The molecule has 0 atom stereocenters. The first-order chi connectivity index (χ1) is 19.5. The Morgan fingerprint density at radius 3 is 2.20 bits per heavy atom. The molecule has 0 aliphatic carbocycles. The molecule has 0 radical (unpaired) electrons. The second-order valence-electron chi connectivity index (χ2n) is 8.68. The molecule has 3 heterocycles. The normalized spacial score (nSPS) is 11.1. The highest BCUT2D eigenvalue weighted by atomic mass is 16.5. The number of methoxy groups -OCH3 is 2. The second-order valence-corrected chi connectivity index (χ2v) is 8.68. The third-order valence-corrected chi connectivity index (χ3v) is 6.44. The van der Waals surface area contributed by atoms with Crippen LogP contribution >= 0.6 is 0 Å². The minimum atomic E-state index is -0.642. The number of nitrogens with zero attached hydrogens (tertiary/aromatic N) is 5. The number of rotatable bonds is 7. The fourth-order valence-corrected chi connectivity index (χ4v) is 4.56. The number of benzene rings is 3. The minimum Gasteiger partial charge on any atom is -0.504 e. The molecule has 0 saturated heterocycles. The van der Waals surface area contributed by atoms with Gasteiger partial charge in [-0.2, -0.15) is 9.78 Å². The highest BCUT2D eigenvalue weighted by molar-refractivity contribution is 6.18. The van der Waals surface area contributed by atoms with Crippen molar-refractivity contribution in [1.29, 1.82) is 0 Å². The van der Waals surface area contributed by atoms with Gasteiger partial charge in [0.05, 0.1) is 37.6 Å². The van der Waals surface area contributed by atoms with Crippen molar-refractivity contribution < 1.29 is 23.8 Å². The molecule has 0 saturated carbocycles. The molecule has 198 valence electrons. The Bertz CT molecular complexity index is 1870. The molecule has 0 bridgehead atoms. The molecule has 11 heteroatoms. The van der Waals surface area contributed by atoms with Crippen molar-refractivity contribution >= 4 is 22.6 Å². The molecule has 0 aliphatic heterocycles. The monoisotopic (exact) mass is 534 g/mol. The van der Waals surface area contributed by atoms with Gasteiger partial charge in [0, 0.05) is 11.1 Å². The summed E-state index contributed by atoms with van der Waals surface area (Å²) in [4.78, 5) is 18.5. The first-order valence-electron chi connectivity index (χ1n) is 12.1. The standard InChI is InChI=1S/C29H22N6O5/c1-38-25-18-13-14-40-26(18)27(39-2)24(37)20(25)23(36)19-15-31-35(28(19)30)29-32-21(16-9-5-3-6-10-16)22(33-34-29)17-11-7-4-8-12-17/h3-15,37H,30H2,1-2H3. The van der Waals surface area contributed by atoms with Crippen molar-refractivity contribution in [1.82, 2.24) is 25.0 Å². The highest BCUT2D eigenvalue weighted by Gasteiger charge is 2.31. The van der Waals surface area contributed by atoms with E-state index in [1.54, 1.807) is 6.07 Å². The molecule has 3 N–H and O–H groups in total. The number of furan rings is 1. The molecule has 3 aromatic heterocycles. The maximum Gasteiger partial charge on any atom is 0.272 e. The minimum absolute atomic E-state index is 0.00417. The fourth-order valence-electron chi connectivity index (χ4n) is 4.56. The van der Waals surface area contributed by atoms with E-state index in [1.807, 2.05) is 60.7 Å². The molecule has 0 fully saturated rings. The predicted molar refractivity (Wildman–Crippen MR) is 147 cm³/mol. The van der Waals surface area contributed by atoms with Crippen LogP contribution in [0, 0.1) is 0 Å². The smallest absolute Gasteiger partial charge is 0.272 e. The van der Waals surface area contributed by atoms with E-state index < -0.39 is 11.5 Å². The van der Waals surface area contributed by atoms with Crippen LogP contribution in [0.3, 0.4) is 0 Å². The Kier molecular flexibility index (Phi) is 6.08. The summed E-state index contributed by atoms with van der Waals surface area (Å²) >= 11 is 0. The van der Waals surface area contributed by atoms with Gasteiger partial charge in [-0.25, -0.2) is 4.98 Å². The summed E-state index contributed by atoms with van der Waals surface area (Å²) in [5, 5.41) is 24.4. The second kappa shape index (κ2) is 9.87. The summed E-state index contributed by atoms with van der Waals surface area (Å²) in [5.41, 5.74) is 9.29. The molecule has 6 rings (SSSR count). The summed E-state index contributed by atoms with van der Waals surface area (Å²) < 4.78 is 17.5. The molecule has 0 amide bonds. The van der Waals surface area contributed by atoms with Gasteiger partial charge in [0.2, 0.25) is 11.5 Å². The number of nitrogen functional groups attached to an aromatic ring is 1. The van der Waals surface area contributed by atoms with Crippen LogP contribution in [-0.2, 0) is 0 Å². The number of aromatic hydroxyl groups is 1. The van der Waals surface area contributed by atoms with Crippen molar-refractivity contribution in [2.75, 3.05) is 20.0 Å². The number of anilines is 1. The predicted octanol–water partition coefficient (Wildman–Crippen LogP) is 4.67. The average molecular weight is 535 g/mol. The lowest BCUT2D eigenvalue weighted by atomic mass is 10.0. The first-order valence-corrected chi connectivity index (χ1v) is 12.1. The number of nitrogens with two attached hydrogens (primary N) is 1. The largest absolute Gasteiger partial charge is 0.504 e. The van der Waals surface area contributed by atoms with E-state index in [2.05, 4.69) is 15.3 Å². The Morgan fingerprint density at radius 2 is 1.55 bits per heavy atom. The molecule has 6 aromatic rings. The fraction of sp³-hybridized carbons (Fsp3) is 0.0690. The zero-order valence-electron chi connectivity index (χ0n) is 21.4. The maximum atomic E-state index is 13.8. The van der Waals surface area contributed by atoms with Crippen LogP contribution in [0.25, 0.3) is 39.4 Å². The number of carbonyl (C=O) groups is 1.